The zero-order valence-electron chi connectivity index (χ0n) is 10.8. The van der Waals surface area contributed by atoms with Crippen molar-refractivity contribution >= 4 is 11.0 Å². The maximum Gasteiger partial charge on any atom is 0.138 e. The zero-order chi connectivity index (χ0) is 13.4. The molecule has 0 aliphatic rings. The highest BCUT2D eigenvalue weighted by atomic mass is 15.3. The lowest BCUT2D eigenvalue weighted by molar-refractivity contribution is 0.534. The molecule has 0 bridgehead atoms. The number of hydrogen-bond acceptors (Lipinski definition) is 3. The molecule has 0 fully saturated rings. The third kappa shape index (κ3) is 1.87. The first-order valence-corrected chi connectivity index (χ1v) is 6.12. The molecule has 94 valence electrons. The predicted molar refractivity (Wildman–Crippen MR) is 72.4 cm³/mol. The van der Waals surface area contributed by atoms with Crippen LogP contribution < -0.4 is 0 Å². The fraction of sp³-hybridized carbons (Fsp3) is 0.214. The normalized spacial score (nSPS) is 11.1. The lowest BCUT2D eigenvalue weighted by Gasteiger charge is -2.03. The molecular formula is C14H13N5. The van der Waals surface area contributed by atoms with Crippen molar-refractivity contribution in [2.45, 2.75) is 19.9 Å². The molecule has 0 saturated heterocycles. The molecule has 3 aromatic rings. The van der Waals surface area contributed by atoms with Crippen LogP contribution in [-0.2, 0) is 0 Å². The Morgan fingerprint density at radius 1 is 1.42 bits per heavy atom. The highest BCUT2D eigenvalue weighted by Gasteiger charge is 2.09. The number of aromatic amines is 1. The fourth-order valence-corrected chi connectivity index (χ4v) is 2.02. The Labute approximate surface area is 110 Å². The van der Waals surface area contributed by atoms with Crippen LogP contribution in [0.2, 0.25) is 0 Å². The van der Waals surface area contributed by atoms with Crippen LogP contribution in [0.4, 0.5) is 0 Å². The molecule has 0 aliphatic heterocycles. The molecule has 3 heterocycles. The van der Waals surface area contributed by atoms with Crippen LogP contribution in [0.5, 0.6) is 0 Å². The summed E-state index contributed by atoms with van der Waals surface area (Å²) in [5.41, 5.74) is 3.12. The molecule has 0 radical (unpaired) electrons. The Hall–Kier alpha value is -2.61. The molecule has 0 aliphatic carbocycles. The first-order valence-electron chi connectivity index (χ1n) is 6.12. The highest BCUT2D eigenvalue weighted by Crippen LogP contribution is 2.23. The predicted octanol–water partition coefficient (Wildman–Crippen LogP) is 2.88. The van der Waals surface area contributed by atoms with Crippen LogP contribution in [0.1, 0.15) is 25.5 Å². The molecule has 1 N–H and O–H groups in total. The lowest BCUT2D eigenvalue weighted by Crippen LogP contribution is -2.00. The number of nitriles is 1. The Morgan fingerprint density at radius 3 is 2.95 bits per heavy atom. The largest absolute Gasteiger partial charge is 0.345 e. The number of aromatic nitrogens is 4. The van der Waals surface area contributed by atoms with Gasteiger partial charge in [0.15, 0.2) is 0 Å². The van der Waals surface area contributed by atoms with Crippen LogP contribution in [0.15, 0.2) is 30.7 Å². The van der Waals surface area contributed by atoms with Gasteiger partial charge < -0.3 is 4.98 Å². The van der Waals surface area contributed by atoms with Gasteiger partial charge in [-0.05, 0) is 26.0 Å². The summed E-state index contributed by atoms with van der Waals surface area (Å²) in [6.45, 7) is 4.16. The van der Waals surface area contributed by atoms with Crippen molar-refractivity contribution in [3.8, 4) is 17.3 Å². The van der Waals surface area contributed by atoms with E-state index in [2.05, 4.69) is 35.0 Å². The lowest BCUT2D eigenvalue weighted by atomic mass is 10.1. The summed E-state index contributed by atoms with van der Waals surface area (Å²) < 4.78 is 1.90. The summed E-state index contributed by atoms with van der Waals surface area (Å²) in [6, 6.07) is 6.39. The SMILES string of the molecule is CC(C)n1ccc(-c2cnc3[nH]cc(C#N)c3c2)n1. The first-order chi connectivity index (χ1) is 9.19. The number of rotatable bonds is 2. The van der Waals surface area contributed by atoms with E-state index in [0.717, 1.165) is 22.3 Å². The second kappa shape index (κ2) is 4.25. The maximum absolute atomic E-state index is 9.05. The van der Waals surface area contributed by atoms with E-state index in [1.165, 1.54) is 0 Å². The molecule has 5 nitrogen and oxygen atoms in total. The van der Waals surface area contributed by atoms with Gasteiger partial charge in [0.2, 0.25) is 0 Å². The Bertz CT molecular complexity index is 773. The van der Waals surface area contributed by atoms with E-state index in [1.54, 1.807) is 12.4 Å². The molecular weight excluding hydrogens is 238 g/mol. The Kier molecular flexibility index (Phi) is 2.57. The second-order valence-electron chi connectivity index (χ2n) is 4.71. The quantitative estimate of drug-likeness (QED) is 0.761. The maximum atomic E-state index is 9.05. The van der Waals surface area contributed by atoms with Crippen molar-refractivity contribution in [3.05, 3.63) is 36.3 Å². The van der Waals surface area contributed by atoms with Crippen molar-refractivity contribution in [3.63, 3.8) is 0 Å². The third-order valence-corrected chi connectivity index (χ3v) is 3.08. The van der Waals surface area contributed by atoms with Gasteiger partial charge >= 0.3 is 0 Å². The molecule has 0 aromatic carbocycles. The molecule has 0 unspecified atom stereocenters. The second-order valence-corrected chi connectivity index (χ2v) is 4.71. The topological polar surface area (TPSA) is 70.3 Å². The van der Waals surface area contributed by atoms with Crippen molar-refractivity contribution in [2.75, 3.05) is 0 Å². The Morgan fingerprint density at radius 2 is 2.26 bits per heavy atom. The van der Waals surface area contributed by atoms with Gasteiger partial charge in [0.05, 0.1) is 11.3 Å². The summed E-state index contributed by atoms with van der Waals surface area (Å²) >= 11 is 0. The van der Waals surface area contributed by atoms with Crippen molar-refractivity contribution in [1.82, 2.24) is 19.7 Å². The van der Waals surface area contributed by atoms with E-state index in [9.17, 15) is 0 Å². The standard InChI is InChI=1S/C14H13N5/c1-9(2)19-4-3-13(18-19)10-5-12-11(6-15)8-17-14(12)16-7-10/h3-5,7-9H,1-2H3,(H,16,17). The molecule has 3 rings (SSSR count). The molecule has 5 heteroatoms. The van der Waals surface area contributed by atoms with Crippen LogP contribution >= 0.6 is 0 Å². The van der Waals surface area contributed by atoms with Gasteiger partial charge in [-0.2, -0.15) is 10.4 Å². The Balaban J connectivity index is 2.11. The smallest absolute Gasteiger partial charge is 0.138 e. The fourth-order valence-electron chi connectivity index (χ4n) is 2.02. The number of H-pyrrole nitrogens is 1. The molecule has 0 saturated carbocycles. The van der Waals surface area contributed by atoms with Crippen LogP contribution in [-0.4, -0.2) is 19.7 Å². The average molecular weight is 251 g/mol. The van der Waals surface area contributed by atoms with E-state index in [4.69, 9.17) is 5.26 Å². The minimum absolute atomic E-state index is 0.326. The molecule has 3 aromatic heterocycles. The van der Waals surface area contributed by atoms with Gasteiger partial charge in [-0.25, -0.2) is 4.98 Å². The number of nitrogens with one attached hydrogen (secondary N) is 1. The van der Waals surface area contributed by atoms with Crippen LogP contribution in [0.3, 0.4) is 0 Å². The summed E-state index contributed by atoms with van der Waals surface area (Å²) in [7, 11) is 0. The van der Waals surface area contributed by atoms with Gasteiger partial charge in [-0.3, -0.25) is 4.68 Å². The van der Waals surface area contributed by atoms with Gasteiger partial charge in [0, 0.05) is 35.6 Å². The van der Waals surface area contributed by atoms with Gasteiger partial charge in [-0.1, -0.05) is 0 Å². The number of nitrogens with zero attached hydrogens (tertiary/aromatic N) is 4. The number of pyridine rings is 1. The minimum Gasteiger partial charge on any atom is -0.345 e. The van der Waals surface area contributed by atoms with Crippen molar-refractivity contribution < 1.29 is 0 Å². The zero-order valence-corrected chi connectivity index (χ0v) is 10.8. The minimum atomic E-state index is 0.326. The van der Waals surface area contributed by atoms with E-state index < -0.39 is 0 Å². The molecule has 0 atom stereocenters. The van der Waals surface area contributed by atoms with E-state index in [1.807, 2.05) is 23.0 Å². The van der Waals surface area contributed by atoms with Crippen molar-refractivity contribution in [2.24, 2.45) is 0 Å². The summed E-state index contributed by atoms with van der Waals surface area (Å²) in [6.07, 6.45) is 5.40. The van der Waals surface area contributed by atoms with E-state index in [0.29, 0.717) is 11.6 Å². The monoisotopic (exact) mass is 251 g/mol. The van der Waals surface area contributed by atoms with Gasteiger partial charge in [0.25, 0.3) is 0 Å². The van der Waals surface area contributed by atoms with Crippen molar-refractivity contribution in [1.29, 1.82) is 5.26 Å². The summed E-state index contributed by atoms with van der Waals surface area (Å²) in [5.74, 6) is 0. The highest BCUT2D eigenvalue weighted by molar-refractivity contribution is 5.86. The molecule has 19 heavy (non-hydrogen) atoms. The van der Waals surface area contributed by atoms with E-state index >= 15 is 0 Å². The number of hydrogen-bond donors (Lipinski definition) is 1. The number of fused-ring (bicyclic) bond motifs is 1. The summed E-state index contributed by atoms with van der Waals surface area (Å²) in [5, 5.41) is 14.4. The molecule has 0 spiro atoms. The van der Waals surface area contributed by atoms with Gasteiger partial charge in [0.1, 0.15) is 11.7 Å². The van der Waals surface area contributed by atoms with Crippen LogP contribution in [0, 0.1) is 11.3 Å². The van der Waals surface area contributed by atoms with Gasteiger partial charge in [-0.15, -0.1) is 0 Å². The van der Waals surface area contributed by atoms with E-state index in [-0.39, 0.29) is 0 Å². The third-order valence-electron chi connectivity index (χ3n) is 3.08. The average Bonchev–Trinajstić information content (AvgIpc) is 3.04. The van der Waals surface area contributed by atoms with Crippen LogP contribution in [0.25, 0.3) is 22.3 Å². The molecule has 0 amide bonds. The summed E-state index contributed by atoms with van der Waals surface area (Å²) in [4.78, 5) is 7.31. The first kappa shape index (κ1) is 11.5.